The molecule has 2 rings (SSSR count). The highest BCUT2D eigenvalue weighted by atomic mass is 32.2. The Kier molecular flexibility index (Phi) is 9.49. The first-order valence-electron chi connectivity index (χ1n) is 12.0. The Hall–Kier alpha value is -2.87. The van der Waals surface area contributed by atoms with Gasteiger partial charge in [0.15, 0.2) is 0 Å². The van der Waals surface area contributed by atoms with E-state index in [1.54, 1.807) is 12.1 Å². The van der Waals surface area contributed by atoms with Crippen molar-refractivity contribution in [2.45, 2.75) is 66.0 Å². The lowest BCUT2D eigenvalue weighted by Crippen LogP contribution is -2.52. The van der Waals surface area contributed by atoms with Gasteiger partial charge >= 0.3 is 0 Å². The van der Waals surface area contributed by atoms with E-state index in [9.17, 15) is 18.0 Å². The molecule has 7 nitrogen and oxygen atoms in total. The smallest absolute Gasteiger partial charge is 0.244 e. The van der Waals surface area contributed by atoms with Gasteiger partial charge in [-0.25, -0.2) is 8.42 Å². The summed E-state index contributed by atoms with van der Waals surface area (Å²) in [6.07, 6.45) is 1.49. The molecular formula is C27H39N3O4S. The molecule has 2 aromatic carbocycles. The van der Waals surface area contributed by atoms with E-state index in [-0.39, 0.29) is 17.9 Å². The molecule has 1 atom stereocenters. The molecule has 192 valence electrons. The van der Waals surface area contributed by atoms with Crippen LogP contribution in [-0.2, 0) is 31.6 Å². The van der Waals surface area contributed by atoms with E-state index < -0.39 is 28.5 Å². The zero-order valence-electron chi connectivity index (χ0n) is 22.0. The van der Waals surface area contributed by atoms with E-state index in [0.29, 0.717) is 18.7 Å². The molecule has 2 aromatic rings. The highest BCUT2D eigenvalue weighted by Crippen LogP contribution is 2.26. The quantitative estimate of drug-likeness (QED) is 0.533. The van der Waals surface area contributed by atoms with E-state index in [2.05, 4.69) is 26.1 Å². The Morgan fingerprint density at radius 1 is 0.971 bits per heavy atom. The summed E-state index contributed by atoms with van der Waals surface area (Å²) in [5, 5.41) is 2.80. The maximum absolute atomic E-state index is 13.6. The fraction of sp³-hybridized carbons (Fsp3) is 0.481. The number of sulfonamides is 1. The second kappa shape index (κ2) is 11.7. The van der Waals surface area contributed by atoms with E-state index in [1.807, 2.05) is 57.2 Å². The van der Waals surface area contributed by atoms with Crippen LogP contribution < -0.4 is 9.62 Å². The van der Waals surface area contributed by atoms with E-state index in [0.717, 1.165) is 27.3 Å². The fourth-order valence-electron chi connectivity index (χ4n) is 3.84. The van der Waals surface area contributed by atoms with Crippen LogP contribution in [0.3, 0.4) is 0 Å². The highest BCUT2D eigenvalue weighted by molar-refractivity contribution is 7.92. The van der Waals surface area contributed by atoms with Crippen LogP contribution in [0.5, 0.6) is 0 Å². The van der Waals surface area contributed by atoms with Crippen molar-refractivity contribution in [3.8, 4) is 0 Å². The molecule has 0 unspecified atom stereocenters. The third-order valence-corrected chi connectivity index (χ3v) is 7.05. The molecular weight excluding hydrogens is 462 g/mol. The highest BCUT2D eigenvalue weighted by Gasteiger charge is 2.31. The van der Waals surface area contributed by atoms with Crippen LogP contribution in [0.4, 0.5) is 5.69 Å². The average Bonchev–Trinajstić information content (AvgIpc) is 2.77. The van der Waals surface area contributed by atoms with Gasteiger partial charge in [-0.3, -0.25) is 13.9 Å². The summed E-state index contributed by atoms with van der Waals surface area (Å²) in [4.78, 5) is 27.9. The summed E-state index contributed by atoms with van der Waals surface area (Å²) < 4.78 is 26.5. The van der Waals surface area contributed by atoms with Crippen molar-refractivity contribution in [1.29, 1.82) is 0 Å². The third-order valence-electron chi connectivity index (χ3n) is 5.91. The molecule has 0 aliphatic heterocycles. The number of hydrogen-bond donors (Lipinski definition) is 1. The molecule has 0 aliphatic rings. The molecule has 0 saturated carbocycles. The average molecular weight is 502 g/mol. The van der Waals surface area contributed by atoms with Gasteiger partial charge in [-0.05, 0) is 48.9 Å². The first-order chi connectivity index (χ1) is 16.3. The summed E-state index contributed by atoms with van der Waals surface area (Å²) in [6, 6.07) is 14.2. The van der Waals surface area contributed by atoms with E-state index in [4.69, 9.17) is 0 Å². The maximum Gasteiger partial charge on any atom is 0.244 e. The van der Waals surface area contributed by atoms with Gasteiger partial charge in [-0.1, -0.05) is 69.7 Å². The molecule has 0 aromatic heterocycles. The van der Waals surface area contributed by atoms with Crippen LogP contribution in [0.2, 0.25) is 0 Å². The van der Waals surface area contributed by atoms with Gasteiger partial charge in [0, 0.05) is 13.1 Å². The van der Waals surface area contributed by atoms with Crippen molar-refractivity contribution in [3.05, 3.63) is 65.2 Å². The number of anilines is 1. The number of hydrogen-bond acceptors (Lipinski definition) is 4. The summed E-state index contributed by atoms with van der Waals surface area (Å²) in [6.45, 7) is 12.1. The van der Waals surface area contributed by atoms with Gasteiger partial charge in [-0.2, -0.15) is 0 Å². The van der Waals surface area contributed by atoms with Gasteiger partial charge in [0.25, 0.3) is 0 Å². The number of nitrogens with one attached hydrogen (secondary N) is 1. The fourth-order valence-corrected chi connectivity index (χ4v) is 4.69. The summed E-state index contributed by atoms with van der Waals surface area (Å²) in [5.74, 6) is -0.690. The van der Waals surface area contributed by atoms with Crippen LogP contribution in [0.25, 0.3) is 0 Å². The topological polar surface area (TPSA) is 86.8 Å². The van der Waals surface area contributed by atoms with Crippen molar-refractivity contribution in [1.82, 2.24) is 10.2 Å². The first kappa shape index (κ1) is 28.4. The van der Waals surface area contributed by atoms with Crippen LogP contribution in [-0.4, -0.2) is 50.5 Å². The van der Waals surface area contributed by atoms with E-state index >= 15 is 0 Å². The Bertz CT molecular complexity index is 1100. The maximum atomic E-state index is 13.6. The predicted octanol–water partition coefficient (Wildman–Crippen LogP) is 4.00. The minimum Gasteiger partial charge on any atom is -0.355 e. The number of aryl methyl sites for hydroxylation is 1. The lowest BCUT2D eigenvalue weighted by molar-refractivity contribution is -0.140. The minimum atomic E-state index is -3.75. The normalized spacial score (nSPS) is 12.7. The first-order valence-corrected chi connectivity index (χ1v) is 13.8. The molecule has 0 saturated heterocycles. The van der Waals surface area contributed by atoms with Crippen molar-refractivity contribution < 1.29 is 18.0 Å². The molecule has 0 spiro atoms. The number of carbonyl (C=O) groups excluding carboxylic acids is 2. The summed E-state index contributed by atoms with van der Waals surface area (Å²) in [5.41, 5.74) is 3.34. The van der Waals surface area contributed by atoms with Crippen molar-refractivity contribution in [2.24, 2.45) is 0 Å². The van der Waals surface area contributed by atoms with Crippen LogP contribution >= 0.6 is 0 Å². The molecule has 0 aliphatic carbocycles. The predicted molar refractivity (Wildman–Crippen MR) is 142 cm³/mol. The lowest BCUT2D eigenvalue weighted by atomic mass is 9.87. The number of benzene rings is 2. The standard InChI is InChI=1S/C27H39N3O4S/c1-8-24(26(32)28-9-2)29(18-21-12-10-20(3)11-13-21)25(31)19-30(35(7,33)34)23-16-14-22(15-17-23)27(4,5)6/h10-17,24H,8-9,18-19H2,1-7H3,(H,28,32)/t24-/m0/s1. The van der Waals surface area contributed by atoms with Crippen LogP contribution in [0, 0.1) is 6.92 Å². The number of amides is 2. The Balaban J connectivity index is 2.42. The summed E-state index contributed by atoms with van der Waals surface area (Å²) >= 11 is 0. The van der Waals surface area contributed by atoms with Crippen molar-refractivity contribution >= 4 is 27.5 Å². The number of carbonyl (C=O) groups is 2. The largest absolute Gasteiger partial charge is 0.355 e. The second-order valence-electron chi connectivity index (χ2n) is 9.89. The summed E-state index contributed by atoms with van der Waals surface area (Å²) in [7, 11) is -3.75. The molecule has 0 fully saturated rings. The molecule has 8 heteroatoms. The Labute approximate surface area is 210 Å². The van der Waals surface area contributed by atoms with Crippen molar-refractivity contribution in [3.63, 3.8) is 0 Å². The number of nitrogens with zero attached hydrogens (tertiary/aromatic N) is 2. The molecule has 2 amide bonds. The lowest BCUT2D eigenvalue weighted by Gasteiger charge is -2.33. The Morgan fingerprint density at radius 3 is 2.00 bits per heavy atom. The Morgan fingerprint density at radius 2 is 1.54 bits per heavy atom. The molecule has 0 radical (unpaired) electrons. The minimum absolute atomic E-state index is 0.0872. The van der Waals surface area contributed by atoms with Gasteiger partial charge < -0.3 is 10.2 Å². The molecule has 0 bridgehead atoms. The molecule has 0 heterocycles. The van der Waals surface area contributed by atoms with Crippen LogP contribution in [0.1, 0.15) is 57.7 Å². The van der Waals surface area contributed by atoms with E-state index in [1.165, 1.54) is 4.90 Å². The number of rotatable bonds is 10. The zero-order valence-corrected chi connectivity index (χ0v) is 22.8. The van der Waals surface area contributed by atoms with Gasteiger partial charge in [0.05, 0.1) is 11.9 Å². The SMILES string of the molecule is CCNC(=O)[C@H](CC)N(Cc1ccc(C)cc1)C(=O)CN(c1ccc(C(C)(C)C)cc1)S(C)(=O)=O. The third kappa shape index (κ3) is 7.82. The van der Waals surface area contributed by atoms with Crippen LogP contribution in [0.15, 0.2) is 48.5 Å². The van der Waals surface area contributed by atoms with Gasteiger partial charge in [0.1, 0.15) is 12.6 Å². The van der Waals surface area contributed by atoms with Crippen molar-refractivity contribution in [2.75, 3.05) is 23.7 Å². The van der Waals surface area contributed by atoms with Gasteiger partial charge in [-0.15, -0.1) is 0 Å². The van der Waals surface area contributed by atoms with Gasteiger partial charge in [0.2, 0.25) is 21.8 Å². The molecule has 35 heavy (non-hydrogen) atoms. The second-order valence-corrected chi connectivity index (χ2v) is 11.8. The zero-order chi connectivity index (χ0) is 26.4. The monoisotopic (exact) mass is 501 g/mol. The molecule has 1 N–H and O–H groups in total. The number of likely N-dealkylation sites (N-methyl/N-ethyl adjacent to an activating group) is 1.